The van der Waals surface area contributed by atoms with Gasteiger partial charge < -0.3 is 15.0 Å². The number of hydrogen-bond donors (Lipinski definition) is 1. The van der Waals surface area contributed by atoms with E-state index in [4.69, 9.17) is 4.74 Å². The second-order valence-electron chi connectivity index (χ2n) is 4.82. The third-order valence-corrected chi connectivity index (χ3v) is 2.76. The molecule has 0 aromatic carbocycles. The highest BCUT2D eigenvalue weighted by Gasteiger charge is 2.27. The Labute approximate surface area is 102 Å². The summed E-state index contributed by atoms with van der Waals surface area (Å²) in [7, 11) is 0. The summed E-state index contributed by atoms with van der Waals surface area (Å²) in [6.07, 6.45) is 1.61. The number of hydrogen-bond acceptors (Lipinski definition) is 5. The van der Waals surface area contributed by atoms with Gasteiger partial charge in [-0.3, -0.25) is 0 Å². The molecule has 0 atom stereocenters. The molecule has 17 heavy (non-hydrogen) atoms. The average Bonchev–Trinajstić information content (AvgIpc) is 2.28. The maximum Gasteiger partial charge on any atom is 0.134 e. The second-order valence-corrected chi connectivity index (χ2v) is 4.82. The highest BCUT2D eigenvalue weighted by Crippen LogP contribution is 2.22. The Morgan fingerprint density at radius 2 is 2.29 bits per heavy atom. The van der Waals surface area contributed by atoms with E-state index < -0.39 is 0 Å². The molecular formula is C12H20N4O. The van der Waals surface area contributed by atoms with Gasteiger partial charge in [-0.2, -0.15) is 0 Å². The van der Waals surface area contributed by atoms with Gasteiger partial charge in [0.25, 0.3) is 0 Å². The van der Waals surface area contributed by atoms with E-state index in [1.807, 2.05) is 6.07 Å². The average molecular weight is 236 g/mol. The lowest BCUT2D eigenvalue weighted by Crippen LogP contribution is -2.48. The first-order chi connectivity index (χ1) is 8.11. The SMILES string of the molecule is CCNc1cc(N2CCOC(C)(C)C2)ncn1. The van der Waals surface area contributed by atoms with Crippen molar-refractivity contribution >= 4 is 11.6 Å². The van der Waals surface area contributed by atoms with Crippen LogP contribution in [0.3, 0.4) is 0 Å². The van der Waals surface area contributed by atoms with Crippen molar-refractivity contribution in [2.24, 2.45) is 0 Å². The molecule has 0 bridgehead atoms. The van der Waals surface area contributed by atoms with Gasteiger partial charge in [-0.05, 0) is 20.8 Å². The van der Waals surface area contributed by atoms with Gasteiger partial charge in [0.1, 0.15) is 18.0 Å². The first kappa shape index (κ1) is 12.1. The van der Waals surface area contributed by atoms with E-state index in [2.05, 4.69) is 41.0 Å². The van der Waals surface area contributed by atoms with Gasteiger partial charge in [0.2, 0.25) is 0 Å². The van der Waals surface area contributed by atoms with Crippen molar-refractivity contribution < 1.29 is 4.74 Å². The lowest BCUT2D eigenvalue weighted by Gasteiger charge is -2.38. The van der Waals surface area contributed by atoms with Crippen LogP contribution in [-0.4, -0.2) is 41.8 Å². The third kappa shape index (κ3) is 3.06. The molecule has 0 aliphatic carbocycles. The molecule has 5 nitrogen and oxygen atoms in total. The van der Waals surface area contributed by atoms with Gasteiger partial charge in [-0.15, -0.1) is 0 Å². The number of nitrogens with zero attached hydrogens (tertiary/aromatic N) is 3. The van der Waals surface area contributed by atoms with Crippen LogP contribution in [0, 0.1) is 0 Å². The molecule has 0 amide bonds. The van der Waals surface area contributed by atoms with Gasteiger partial charge in [-0.25, -0.2) is 9.97 Å². The standard InChI is InChI=1S/C12H20N4O/c1-4-13-10-7-11(15-9-14-10)16-5-6-17-12(2,3)8-16/h7,9H,4-6,8H2,1-3H3,(H,13,14,15). The summed E-state index contributed by atoms with van der Waals surface area (Å²) in [5, 5.41) is 3.20. The molecule has 1 saturated heterocycles. The largest absolute Gasteiger partial charge is 0.372 e. The number of nitrogens with one attached hydrogen (secondary N) is 1. The molecular weight excluding hydrogens is 216 g/mol. The van der Waals surface area contributed by atoms with E-state index in [0.717, 1.165) is 37.9 Å². The Balaban J connectivity index is 2.13. The third-order valence-electron chi connectivity index (χ3n) is 2.76. The Hall–Kier alpha value is -1.36. The van der Waals surface area contributed by atoms with E-state index >= 15 is 0 Å². The van der Waals surface area contributed by atoms with Crippen LogP contribution < -0.4 is 10.2 Å². The first-order valence-electron chi connectivity index (χ1n) is 6.05. The van der Waals surface area contributed by atoms with E-state index in [9.17, 15) is 0 Å². The molecule has 1 N–H and O–H groups in total. The van der Waals surface area contributed by atoms with E-state index in [0.29, 0.717) is 0 Å². The summed E-state index contributed by atoms with van der Waals surface area (Å²) in [5.41, 5.74) is -0.110. The van der Waals surface area contributed by atoms with Crippen LogP contribution in [0.15, 0.2) is 12.4 Å². The highest BCUT2D eigenvalue weighted by atomic mass is 16.5. The maximum absolute atomic E-state index is 5.69. The molecule has 1 fully saturated rings. The summed E-state index contributed by atoms with van der Waals surface area (Å²) in [6, 6.07) is 1.99. The Bertz CT molecular complexity index is 381. The predicted molar refractivity (Wildman–Crippen MR) is 68.4 cm³/mol. The van der Waals surface area contributed by atoms with Crippen LogP contribution in [-0.2, 0) is 4.74 Å². The molecule has 0 unspecified atom stereocenters. The first-order valence-corrected chi connectivity index (χ1v) is 6.05. The topological polar surface area (TPSA) is 50.3 Å². The second kappa shape index (κ2) is 4.87. The van der Waals surface area contributed by atoms with Gasteiger partial charge in [0.05, 0.1) is 12.2 Å². The number of ether oxygens (including phenoxy) is 1. The maximum atomic E-state index is 5.69. The van der Waals surface area contributed by atoms with Crippen molar-refractivity contribution in [1.82, 2.24) is 9.97 Å². The fraction of sp³-hybridized carbons (Fsp3) is 0.667. The quantitative estimate of drug-likeness (QED) is 0.862. The molecule has 0 spiro atoms. The van der Waals surface area contributed by atoms with Crippen molar-refractivity contribution in [3.63, 3.8) is 0 Å². The Morgan fingerprint density at radius 1 is 1.47 bits per heavy atom. The summed E-state index contributed by atoms with van der Waals surface area (Å²) in [4.78, 5) is 10.8. The zero-order valence-electron chi connectivity index (χ0n) is 10.7. The van der Waals surface area contributed by atoms with Crippen molar-refractivity contribution in [2.45, 2.75) is 26.4 Å². The summed E-state index contributed by atoms with van der Waals surface area (Å²) >= 11 is 0. The fourth-order valence-corrected chi connectivity index (χ4v) is 2.01. The molecule has 2 rings (SSSR count). The highest BCUT2D eigenvalue weighted by molar-refractivity contribution is 5.48. The number of aromatic nitrogens is 2. The minimum Gasteiger partial charge on any atom is -0.372 e. The lowest BCUT2D eigenvalue weighted by molar-refractivity contribution is -0.0279. The van der Waals surface area contributed by atoms with Gasteiger partial charge in [-0.1, -0.05) is 0 Å². The molecule has 2 heterocycles. The molecule has 0 saturated carbocycles. The molecule has 94 valence electrons. The normalized spacial score (nSPS) is 19.1. The van der Waals surface area contributed by atoms with E-state index in [-0.39, 0.29) is 5.60 Å². The molecule has 1 aliphatic rings. The fourth-order valence-electron chi connectivity index (χ4n) is 2.01. The smallest absolute Gasteiger partial charge is 0.134 e. The number of morpholine rings is 1. The van der Waals surface area contributed by atoms with Crippen molar-refractivity contribution in [1.29, 1.82) is 0 Å². The van der Waals surface area contributed by atoms with Crippen molar-refractivity contribution in [3.05, 3.63) is 12.4 Å². The number of rotatable bonds is 3. The zero-order chi connectivity index (χ0) is 12.3. The summed E-state index contributed by atoms with van der Waals surface area (Å²) in [5.74, 6) is 1.84. The van der Waals surface area contributed by atoms with Gasteiger partial charge >= 0.3 is 0 Å². The molecule has 1 aliphatic heterocycles. The van der Waals surface area contributed by atoms with Crippen LogP contribution in [0.2, 0.25) is 0 Å². The monoisotopic (exact) mass is 236 g/mol. The Morgan fingerprint density at radius 3 is 3.00 bits per heavy atom. The zero-order valence-corrected chi connectivity index (χ0v) is 10.7. The van der Waals surface area contributed by atoms with Gasteiger partial charge in [0, 0.05) is 25.7 Å². The van der Waals surface area contributed by atoms with Crippen LogP contribution in [0.1, 0.15) is 20.8 Å². The van der Waals surface area contributed by atoms with Crippen molar-refractivity contribution in [3.8, 4) is 0 Å². The minimum absolute atomic E-state index is 0.110. The van der Waals surface area contributed by atoms with Crippen LogP contribution in [0.4, 0.5) is 11.6 Å². The van der Waals surface area contributed by atoms with E-state index in [1.54, 1.807) is 6.33 Å². The van der Waals surface area contributed by atoms with Crippen molar-refractivity contribution in [2.75, 3.05) is 36.5 Å². The summed E-state index contributed by atoms with van der Waals surface area (Å²) < 4.78 is 5.69. The molecule has 1 aromatic rings. The van der Waals surface area contributed by atoms with Crippen LogP contribution in [0.5, 0.6) is 0 Å². The molecule has 0 radical (unpaired) electrons. The van der Waals surface area contributed by atoms with E-state index in [1.165, 1.54) is 0 Å². The van der Waals surface area contributed by atoms with Gasteiger partial charge in [0.15, 0.2) is 0 Å². The minimum atomic E-state index is -0.110. The predicted octanol–water partition coefficient (Wildman–Crippen LogP) is 1.52. The Kier molecular flexibility index (Phi) is 3.47. The van der Waals surface area contributed by atoms with Crippen LogP contribution in [0.25, 0.3) is 0 Å². The summed E-state index contributed by atoms with van der Waals surface area (Å²) in [6.45, 7) is 9.61. The molecule has 1 aromatic heterocycles. The number of anilines is 2. The molecule has 5 heteroatoms. The lowest BCUT2D eigenvalue weighted by atomic mass is 10.1. The van der Waals surface area contributed by atoms with Crippen LogP contribution >= 0.6 is 0 Å².